The number of aromatic amines is 1. The Hall–Kier alpha value is -1.89. The van der Waals surface area contributed by atoms with Crippen LogP contribution in [0, 0.1) is 6.92 Å². The summed E-state index contributed by atoms with van der Waals surface area (Å²) in [5.74, 6) is 0.544. The van der Waals surface area contributed by atoms with Crippen LogP contribution in [0.25, 0.3) is 0 Å². The first kappa shape index (κ1) is 15.0. The number of rotatable bonds is 4. The fraction of sp³-hybridized carbons (Fsp3) is 0.467. The van der Waals surface area contributed by atoms with E-state index in [1.807, 2.05) is 16.7 Å². The number of amides is 1. The number of aryl methyl sites for hydroxylation is 1. The number of hydrogen-bond donors (Lipinski definition) is 1. The molecule has 0 spiro atoms. The van der Waals surface area contributed by atoms with Crippen molar-refractivity contribution in [1.29, 1.82) is 0 Å². The quantitative estimate of drug-likeness (QED) is 0.931. The first-order valence-electron chi connectivity index (χ1n) is 7.45. The van der Waals surface area contributed by atoms with Gasteiger partial charge in [0, 0.05) is 23.2 Å². The van der Waals surface area contributed by atoms with Gasteiger partial charge in [0.2, 0.25) is 5.91 Å². The van der Waals surface area contributed by atoms with Crippen molar-refractivity contribution in [3.05, 3.63) is 35.7 Å². The van der Waals surface area contributed by atoms with Crippen molar-refractivity contribution in [3.63, 3.8) is 0 Å². The van der Waals surface area contributed by atoms with Crippen molar-refractivity contribution in [3.8, 4) is 0 Å². The van der Waals surface area contributed by atoms with Crippen molar-refractivity contribution in [2.75, 3.05) is 13.1 Å². The molecule has 7 heteroatoms. The second-order valence-electron chi connectivity index (χ2n) is 5.47. The van der Waals surface area contributed by atoms with Gasteiger partial charge in [-0.1, -0.05) is 23.4 Å². The molecule has 1 aliphatic rings. The van der Waals surface area contributed by atoms with Gasteiger partial charge in [-0.3, -0.25) is 4.79 Å². The van der Waals surface area contributed by atoms with Crippen molar-refractivity contribution in [2.24, 2.45) is 0 Å². The van der Waals surface area contributed by atoms with Crippen LogP contribution in [0.15, 0.2) is 29.2 Å². The average molecular weight is 317 g/mol. The molecule has 116 valence electrons. The SMILES string of the molecule is Cc1ccccc1SC1CCN(C(=O)Cc2nn[nH]n2)CC1. The van der Waals surface area contributed by atoms with Crippen molar-refractivity contribution >= 4 is 17.7 Å². The maximum atomic E-state index is 12.2. The lowest BCUT2D eigenvalue weighted by molar-refractivity contribution is -0.131. The summed E-state index contributed by atoms with van der Waals surface area (Å²) in [7, 11) is 0. The summed E-state index contributed by atoms with van der Waals surface area (Å²) in [6.45, 7) is 3.76. The molecule has 3 rings (SSSR count). The number of nitrogens with one attached hydrogen (secondary N) is 1. The zero-order valence-electron chi connectivity index (χ0n) is 12.5. The van der Waals surface area contributed by atoms with Crippen LogP contribution in [-0.2, 0) is 11.2 Å². The number of tetrazole rings is 1. The number of thioether (sulfide) groups is 1. The van der Waals surface area contributed by atoms with Crippen LogP contribution in [0.3, 0.4) is 0 Å². The minimum atomic E-state index is 0.0840. The van der Waals surface area contributed by atoms with E-state index in [9.17, 15) is 4.79 Å². The number of likely N-dealkylation sites (tertiary alicyclic amines) is 1. The maximum absolute atomic E-state index is 12.2. The molecular weight excluding hydrogens is 298 g/mol. The Balaban J connectivity index is 1.50. The summed E-state index contributed by atoms with van der Waals surface area (Å²) in [6, 6.07) is 8.47. The molecule has 1 N–H and O–H groups in total. The maximum Gasteiger partial charge on any atom is 0.230 e. The zero-order chi connectivity index (χ0) is 15.4. The standard InChI is InChI=1S/C15H19N5OS/c1-11-4-2-3-5-13(11)22-12-6-8-20(9-7-12)15(21)10-14-16-18-19-17-14/h2-5,12H,6-10H2,1H3,(H,16,17,18,19). The smallest absolute Gasteiger partial charge is 0.230 e. The highest BCUT2D eigenvalue weighted by Crippen LogP contribution is 2.32. The van der Waals surface area contributed by atoms with Crippen molar-refractivity contribution in [2.45, 2.75) is 36.3 Å². The molecular formula is C15H19N5OS. The number of H-pyrrole nitrogens is 1. The minimum Gasteiger partial charge on any atom is -0.342 e. The molecule has 1 aromatic heterocycles. The molecule has 2 heterocycles. The first-order chi connectivity index (χ1) is 10.7. The Bertz CT molecular complexity index is 623. The van der Waals surface area contributed by atoms with Crippen LogP contribution in [0.4, 0.5) is 0 Å². The van der Waals surface area contributed by atoms with Gasteiger partial charge in [-0.25, -0.2) is 0 Å². The molecule has 0 aliphatic carbocycles. The van der Waals surface area contributed by atoms with Crippen molar-refractivity contribution < 1.29 is 4.79 Å². The molecule has 1 amide bonds. The Morgan fingerprint density at radius 3 is 2.82 bits per heavy atom. The molecule has 2 aromatic rings. The van der Waals surface area contributed by atoms with E-state index in [0.717, 1.165) is 25.9 Å². The van der Waals surface area contributed by atoms with Crippen molar-refractivity contribution in [1.82, 2.24) is 25.5 Å². The van der Waals surface area contributed by atoms with Crippen LogP contribution in [0.1, 0.15) is 24.2 Å². The summed E-state index contributed by atoms with van der Waals surface area (Å²) in [4.78, 5) is 15.4. The lowest BCUT2D eigenvalue weighted by Crippen LogP contribution is -2.40. The van der Waals surface area contributed by atoms with E-state index < -0.39 is 0 Å². The monoisotopic (exact) mass is 317 g/mol. The molecule has 1 saturated heterocycles. The third-order valence-electron chi connectivity index (χ3n) is 3.88. The van der Waals surface area contributed by atoms with Gasteiger partial charge < -0.3 is 4.90 Å². The number of aromatic nitrogens is 4. The van der Waals surface area contributed by atoms with Crippen LogP contribution < -0.4 is 0 Å². The Morgan fingerprint density at radius 2 is 2.14 bits per heavy atom. The van der Waals surface area contributed by atoms with Gasteiger partial charge in [0.25, 0.3) is 0 Å². The van der Waals surface area contributed by atoms with Gasteiger partial charge >= 0.3 is 0 Å². The lowest BCUT2D eigenvalue weighted by atomic mass is 10.1. The fourth-order valence-electron chi connectivity index (χ4n) is 2.60. The van der Waals surface area contributed by atoms with Crippen LogP contribution >= 0.6 is 11.8 Å². The van der Waals surface area contributed by atoms with Crippen LogP contribution in [0.5, 0.6) is 0 Å². The van der Waals surface area contributed by atoms with Gasteiger partial charge in [-0.2, -0.15) is 5.21 Å². The highest BCUT2D eigenvalue weighted by Gasteiger charge is 2.24. The van der Waals surface area contributed by atoms with E-state index in [0.29, 0.717) is 11.1 Å². The van der Waals surface area contributed by atoms with Gasteiger partial charge in [-0.15, -0.1) is 22.0 Å². The predicted molar refractivity (Wildman–Crippen MR) is 84.5 cm³/mol. The summed E-state index contributed by atoms with van der Waals surface area (Å²) in [5.41, 5.74) is 1.32. The summed E-state index contributed by atoms with van der Waals surface area (Å²) in [6.07, 6.45) is 2.28. The Labute approximate surface area is 133 Å². The number of nitrogens with zero attached hydrogens (tertiary/aromatic N) is 4. The third kappa shape index (κ3) is 3.65. The van der Waals surface area contributed by atoms with Crippen LogP contribution in [-0.4, -0.2) is 49.8 Å². The molecule has 1 aromatic carbocycles. The van der Waals surface area contributed by atoms with E-state index in [2.05, 4.69) is 51.8 Å². The topological polar surface area (TPSA) is 74.8 Å². The van der Waals surface area contributed by atoms with E-state index in [1.54, 1.807) is 0 Å². The Kier molecular flexibility index (Phi) is 4.72. The van der Waals surface area contributed by atoms with E-state index in [1.165, 1.54) is 10.5 Å². The summed E-state index contributed by atoms with van der Waals surface area (Å²) < 4.78 is 0. The highest BCUT2D eigenvalue weighted by molar-refractivity contribution is 8.00. The molecule has 0 saturated carbocycles. The fourth-order valence-corrected chi connectivity index (χ4v) is 3.81. The largest absolute Gasteiger partial charge is 0.342 e. The van der Waals surface area contributed by atoms with E-state index in [4.69, 9.17) is 0 Å². The van der Waals surface area contributed by atoms with E-state index >= 15 is 0 Å². The summed E-state index contributed by atoms with van der Waals surface area (Å²) in [5, 5.41) is 14.1. The van der Waals surface area contributed by atoms with E-state index in [-0.39, 0.29) is 12.3 Å². The molecule has 0 atom stereocenters. The van der Waals surface area contributed by atoms with Gasteiger partial charge in [0.1, 0.15) is 0 Å². The molecule has 6 nitrogen and oxygen atoms in total. The molecule has 1 fully saturated rings. The zero-order valence-corrected chi connectivity index (χ0v) is 13.3. The average Bonchev–Trinajstić information content (AvgIpc) is 3.03. The number of carbonyl (C=O) groups is 1. The van der Waals surface area contributed by atoms with Gasteiger partial charge in [0.05, 0.1) is 6.42 Å². The van der Waals surface area contributed by atoms with Gasteiger partial charge in [-0.05, 0) is 31.4 Å². The second-order valence-corrected chi connectivity index (χ2v) is 6.81. The third-order valence-corrected chi connectivity index (χ3v) is 5.40. The molecule has 22 heavy (non-hydrogen) atoms. The normalized spacial score (nSPS) is 16.0. The van der Waals surface area contributed by atoms with Crippen LogP contribution in [0.2, 0.25) is 0 Å². The predicted octanol–water partition coefficient (Wildman–Crippen LogP) is 1.83. The molecule has 0 unspecified atom stereocenters. The molecule has 0 radical (unpaired) electrons. The number of hydrogen-bond acceptors (Lipinski definition) is 5. The number of benzene rings is 1. The van der Waals surface area contributed by atoms with Gasteiger partial charge in [0.15, 0.2) is 5.82 Å². The first-order valence-corrected chi connectivity index (χ1v) is 8.33. The Morgan fingerprint density at radius 1 is 1.36 bits per heavy atom. The highest BCUT2D eigenvalue weighted by atomic mass is 32.2. The summed E-state index contributed by atoms with van der Waals surface area (Å²) >= 11 is 1.93. The lowest BCUT2D eigenvalue weighted by Gasteiger charge is -2.31. The second kappa shape index (κ2) is 6.91. The number of piperidine rings is 1. The molecule has 1 aliphatic heterocycles. The number of carbonyl (C=O) groups excluding carboxylic acids is 1. The molecule has 0 bridgehead atoms. The minimum absolute atomic E-state index is 0.0840.